The van der Waals surface area contributed by atoms with Gasteiger partial charge in [-0.25, -0.2) is 4.39 Å². The second kappa shape index (κ2) is 5.50. The molecule has 1 heterocycles. The number of nitrogens with zero attached hydrogens (tertiary/aromatic N) is 1. The smallest absolute Gasteiger partial charge is 0.178 e. The Balaban J connectivity index is 2.66. The molecule has 18 heavy (non-hydrogen) atoms. The molecule has 0 saturated heterocycles. The lowest BCUT2D eigenvalue weighted by atomic mass is 10.2. The van der Waals surface area contributed by atoms with Crippen molar-refractivity contribution in [2.24, 2.45) is 0 Å². The summed E-state index contributed by atoms with van der Waals surface area (Å²) in [6, 6.07) is 3.30. The third-order valence-corrected chi connectivity index (χ3v) is 3.86. The first kappa shape index (κ1) is 13.7. The van der Waals surface area contributed by atoms with E-state index in [1.54, 1.807) is 13.2 Å². The molecule has 3 nitrogen and oxygen atoms in total. The summed E-state index contributed by atoms with van der Waals surface area (Å²) in [5.74, 6) is -0.294. The molecule has 0 spiro atoms. The lowest BCUT2D eigenvalue weighted by Crippen LogP contribution is -2.13. The summed E-state index contributed by atoms with van der Waals surface area (Å²) in [5.41, 5.74) is 1.59. The van der Waals surface area contributed by atoms with Crippen LogP contribution in [0.4, 0.5) is 4.39 Å². The van der Waals surface area contributed by atoms with Crippen LogP contribution in [0, 0.1) is 10.6 Å². The average Bonchev–Trinajstić information content (AvgIpc) is 2.63. The predicted octanol–water partition coefficient (Wildman–Crippen LogP) is 4.20. The normalized spacial score (nSPS) is 13.1. The van der Waals surface area contributed by atoms with Crippen molar-refractivity contribution in [2.45, 2.75) is 19.4 Å². The third kappa shape index (κ3) is 2.37. The first-order valence-electron chi connectivity index (χ1n) is 5.66. The lowest BCUT2D eigenvalue weighted by molar-refractivity contribution is 0.154. The molecule has 0 aliphatic heterocycles. The first-order valence-corrected chi connectivity index (χ1v) is 6.86. The molecule has 0 radical (unpaired) electrons. The molecule has 1 aromatic heterocycles. The molecule has 1 N–H and O–H groups in total. The summed E-state index contributed by atoms with van der Waals surface area (Å²) >= 11 is 8.48. The lowest BCUT2D eigenvalue weighted by Gasteiger charge is -2.16. The number of H-pyrrole nitrogens is 1. The Kier molecular flexibility index (Phi) is 4.19. The van der Waals surface area contributed by atoms with Crippen molar-refractivity contribution >= 4 is 39.2 Å². The fraction of sp³-hybridized carbons (Fsp3) is 0.417. The second-order valence-corrected chi connectivity index (χ2v) is 5.34. The maximum Gasteiger partial charge on any atom is 0.178 e. The van der Waals surface area contributed by atoms with Gasteiger partial charge in [-0.1, -0.05) is 6.92 Å². The number of hydrogen-bond donors (Lipinski definition) is 1. The van der Waals surface area contributed by atoms with E-state index < -0.39 is 0 Å². The largest absolute Gasteiger partial charge is 0.383 e. The van der Waals surface area contributed by atoms with Gasteiger partial charge in [0, 0.05) is 13.2 Å². The van der Waals surface area contributed by atoms with E-state index >= 15 is 0 Å². The van der Waals surface area contributed by atoms with Crippen LogP contribution in [0.15, 0.2) is 16.6 Å². The molecule has 0 aliphatic rings. The topological polar surface area (TPSA) is 29.9 Å². The minimum absolute atomic E-state index is 0.108. The predicted molar refractivity (Wildman–Crippen MR) is 76.0 cm³/mol. The van der Waals surface area contributed by atoms with Gasteiger partial charge < -0.3 is 14.3 Å². The zero-order valence-electron chi connectivity index (χ0n) is 10.2. The summed E-state index contributed by atoms with van der Waals surface area (Å²) in [5, 5.41) is 0. The van der Waals surface area contributed by atoms with Crippen molar-refractivity contribution in [2.75, 3.05) is 13.7 Å². The zero-order valence-corrected chi connectivity index (χ0v) is 12.6. The van der Waals surface area contributed by atoms with Crippen LogP contribution in [0.2, 0.25) is 0 Å². The van der Waals surface area contributed by atoms with Crippen LogP contribution in [-0.2, 0) is 4.74 Å². The van der Waals surface area contributed by atoms with Gasteiger partial charge in [0.1, 0.15) is 5.82 Å². The number of methoxy groups -OCH3 is 1. The van der Waals surface area contributed by atoms with Gasteiger partial charge in [0.2, 0.25) is 0 Å². The monoisotopic (exact) mass is 332 g/mol. The molecule has 0 bridgehead atoms. The maximum atomic E-state index is 13.7. The maximum absolute atomic E-state index is 13.7. The van der Waals surface area contributed by atoms with Crippen LogP contribution in [0.1, 0.15) is 19.4 Å². The SMILES string of the molecule is CCC(COC)n1c(=S)[nH]c2cc(Br)c(F)cc21. The molecule has 1 aromatic carbocycles. The van der Waals surface area contributed by atoms with Crippen LogP contribution in [0.3, 0.4) is 0 Å². The summed E-state index contributed by atoms with van der Waals surface area (Å²) in [7, 11) is 1.65. The molecule has 6 heteroatoms. The molecule has 1 unspecified atom stereocenters. The summed E-state index contributed by atoms with van der Waals surface area (Å²) in [6.45, 7) is 2.61. The van der Waals surface area contributed by atoms with E-state index in [0.29, 0.717) is 15.9 Å². The van der Waals surface area contributed by atoms with Crippen LogP contribution < -0.4 is 0 Å². The van der Waals surface area contributed by atoms with Crippen LogP contribution >= 0.6 is 28.1 Å². The molecule has 0 aliphatic carbocycles. The Bertz CT molecular complexity index is 622. The van der Waals surface area contributed by atoms with Crippen LogP contribution in [0.5, 0.6) is 0 Å². The number of imidazole rings is 1. The summed E-state index contributed by atoms with van der Waals surface area (Å²) in [4.78, 5) is 3.09. The van der Waals surface area contributed by atoms with Crippen molar-refractivity contribution in [3.63, 3.8) is 0 Å². The van der Waals surface area contributed by atoms with Gasteiger partial charge in [-0.3, -0.25) is 0 Å². The van der Waals surface area contributed by atoms with Crippen LogP contribution in [0.25, 0.3) is 11.0 Å². The average molecular weight is 333 g/mol. The highest BCUT2D eigenvalue weighted by Gasteiger charge is 2.15. The van der Waals surface area contributed by atoms with Gasteiger partial charge in [0.25, 0.3) is 0 Å². The van der Waals surface area contributed by atoms with E-state index in [-0.39, 0.29) is 11.9 Å². The Morgan fingerprint density at radius 2 is 2.28 bits per heavy atom. The fourth-order valence-corrected chi connectivity index (χ4v) is 2.75. The molecule has 1 atom stereocenters. The number of halogens is 2. The molecule has 0 saturated carbocycles. The third-order valence-electron chi connectivity index (χ3n) is 2.95. The summed E-state index contributed by atoms with van der Waals surface area (Å²) < 4.78 is 21.8. The van der Waals surface area contributed by atoms with Gasteiger partial charge in [0.15, 0.2) is 4.77 Å². The first-order chi connectivity index (χ1) is 8.58. The number of benzene rings is 1. The Morgan fingerprint density at radius 1 is 1.56 bits per heavy atom. The molecule has 0 fully saturated rings. The molecule has 2 rings (SSSR count). The molecular weight excluding hydrogens is 319 g/mol. The van der Waals surface area contributed by atoms with Crippen LogP contribution in [-0.4, -0.2) is 23.3 Å². The zero-order chi connectivity index (χ0) is 13.3. The second-order valence-electron chi connectivity index (χ2n) is 4.10. The van der Waals surface area contributed by atoms with E-state index in [0.717, 1.165) is 17.5 Å². The quantitative estimate of drug-likeness (QED) is 0.850. The number of ether oxygens (including phenoxy) is 1. The highest BCUT2D eigenvalue weighted by Crippen LogP contribution is 2.26. The van der Waals surface area contributed by atoms with E-state index in [2.05, 4.69) is 27.8 Å². The summed E-state index contributed by atoms with van der Waals surface area (Å²) in [6.07, 6.45) is 0.868. The number of aromatic amines is 1. The van der Waals surface area contributed by atoms with Gasteiger partial charge >= 0.3 is 0 Å². The molecular formula is C12H14BrFN2OS. The number of nitrogens with one attached hydrogen (secondary N) is 1. The Morgan fingerprint density at radius 3 is 2.89 bits per heavy atom. The van der Waals surface area contributed by atoms with Gasteiger partial charge in [0.05, 0.1) is 28.2 Å². The van der Waals surface area contributed by atoms with Crippen molar-refractivity contribution in [1.82, 2.24) is 9.55 Å². The van der Waals surface area contributed by atoms with E-state index in [4.69, 9.17) is 17.0 Å². The molecule has 0 amide bonds. The minimum atomic E-state index is -0.294. The fourth-order valence-electron chi connectivity index (χ4n) is 2.05. The van der Waals surface area contributed by atoms with Gasteiger partial charge in [-0.2, -0.15) is 0 Å². The number of hydrogen-bond acceptors (Lipinski definition) is 2. The van der Waals surface area contributed by atoms with Crippen molar-refractivity contribution < 1.29 is 9.13 Å². The minimum Gasteiger partial charge on any atom is -0.383 e. The van der Waals surface area contributed by atoms with E-state index in [1.807, 2.05) is 4.57 Å². The van der Waals surface area contributed by atoms with Crippen molar-refractivity contribution in [1.29, 1.82) is 0 Å². The van der Waals surface area contributed by atoms with E-state index in [1.165, 1.54) is 6.07 Å². The molecule has 2 aromatic rings. The number of rotatable bonds is 4. The Labute approximate surface area is 118 Å². The van der Waals surface area contributed by atoms with E-state index in [9.17, 15) is 4.39 Å². The highest BCUT2D eigenvalue weighted by atomic mass is 79.9. The van der Waals surface area contributed by atoms with Crippen molar-refractivity contribution in [3.8, 4) is 0 Å². The van der Waals surface area contributed by atoms with Crippen molar-refractivity contribution in [3.05, 3.63) is 27.2 Å². The van der Waals surface area contributed by atoms with Gasteiger partial charge in [-0.05, 0) is 40.6 Å². The number of aromatic nitrogens is 2. The number of fused-ring (bicyclic) bond motifs is 1. The Hall–Kier alpha value is -0.720. The van der Waals surface area contributed by atoms with Gasteiger partial charge in [-0.15, -0.1) is 0 Å². The highest BCUT2D eigenvalue weighted by molar-refractivity contribution is 9.10. The standard InChI is InChI=1S/C12H14BrFN2OS/c1-3-7(6-17-2)16-11-5-9(14)8(13)4-10(11)15-12(16)18/h4-5,7H,3,6H2,1-2H3,(H,15,18). The molecule has 98 valence electrons.